The molecule has 5 nitrogen and oxygen atoms in total. The number of halogens is 1. The van der Waals surface area contributed by atoms with Gasteiger partial charge in [0, 0.05) is 18.3 Å². The lowest BCUT2D eigenvalue weighted by atomic mass is 10.0. The van der Waals surface area contributed by atoms with Gasteiger partial charge in [-0.3, -0.25) is 4.79 Å². The maximum Gasteiger partial charge on any atom is 0.326 e. The van der Waals surface area contributed by atoms with Gasteiger partial charge in [-0.05, 0) is 40.4 Å². The van der Waals surface area contributed by atoms with E-state index in [1.54, 1.807) is 12.1 Å². The first-order valence-electron chi connectivity index (χ1n) is 5.66. The molecule has 96 valence electrons. The second-order valence-corrected chi connectivity index (χ2v) is 5.23. The molecule has 6 heteroatoms. The minimum atomic E-state index is -0.943. The summed E-state index contributed by atoms with van der Waals surface area (Å²) in [6, 6.07) is 2.46. The summed E-state index contributed by atoms with van der Waals surface area (Å²) < 4.78 is 0.562. The summed E-state index contributed by atoms with van der Waals surface area (Å²) in [5, 5.41) is 9.19. The van der Waals surface area contributed by atoms with E-state index in [2.05, 4.69) is 20.9 Å². The maximum absolute atomic E-state index is 12.3. The number of hydrogen-bond acceptors (Lipinski definition) is 3. The topological polar surface area (TPSA) is 70.5 Å². The van der Waals surface area contributed by atoms with Crippen molar-refractivity contribution in [1.29, 1.82) is 0 Å². The van der Waals surface area contributed by atoms with Crippen molar-refractivity contribution < 1.29 is 14.7 Å². The molecule has 18 heavy (non-hydrogen) atoms. The van der Waals surface area contributed by atoms with Crippen LogP contribution in [0.1, 0.15) is 23.7 Å². The quantitative estimate of drug-likeness (QED) is 0.845. The zero-order valence-electron chi connectivity index (χ0n) is 9.84. The van der Waals surface area contributed by atoms with Gasteiger partial charge in [-0.25, -0.2) is 9.78 Å². The van der Waals surface area contributed by atoms with Crippen LogP contribution in [-0.4, -0.2) is 39.5 Å². The van der Waals surface area contributed by atoms with Crippen molar-refractivity contribution in [3.63, 3.8) is 0 Å². The van der Waals surface area contributed by atoms with Crippen molar-refractivity contribution in [2.75, 3.05) is 6.54 Å². The molecule has 2 atom stereocenters. The Kier molecular flexibility index (Phi) is 3.65. The molecule has 1 aromatic rings. The van der Waals surface area contributed by atoms with Gasteiger partial charge in [-0.1, -0.05) is 6.92 Å². The number of likely N-dealkylation sites (tertiary alicyclic amines) is 1. The Balaban J connectivity index is 2.26. The van der Waals surface area contributed by atoms with Crippen molar-refractivity contribution >= 4 is 27.8 Å². The van der Waals surface area contributed by atoms with Gasteiger partial charge in [-0.15, -0.1) is 0 Å². The van der Waals surface area contributed by atoms with Crippen LogP contribution in [-0.2, 0) is 4.79 Å². The van der Waals surface area contributed by atoms with Crippen LogP contribution in [0.4, 0.5) is 0 Å². The van der Waals surface area contributed by atoms with Gasteiger partial charge in [0.15, 0.2) is 0 Å². The van der Waals surface area contributed by atoms with E-state index < -0.39 is 12.0 Å². The molecule has 0 radical (unpaired) electrons. The molecule has 1 aliphatic rings. The molecular weight excluding hydrogens is 300 g/mol. The van der Waals surface area contributed by atoms with E-state index in [9.17, 15) is 14.7 Å². The van der Waals surface area contributed by atoms with Crippen LogP contribution in [0.25, 0.3) is 0 Å². The minimum Gasteiger partial charge on any atom is -0.480 e. The fraction of sp³-hybridized carbons (Fsp3) is 0.417. The normalized spacial score (nSPS) is 23.1. The Morgan fingerprint density at radius 1 is 1.56 bits per heavy atom. The number of hydrogen-bond donors (Lipinski definition) is 1. The molecule has 0 aromatic carbocycles. The molecule has 2 unspecified atom stereocenters. The van der Waals surface area contributed by atoms with Crippen LogP contribution in [0.2, 0.25) is 0 Å². The molecule has 0 bridgehead atoms. The first-order valence-corrected chi connectivity index (χ1v) is 6.45. The summed E-state index contributed by atoms with van der Waals surface area (Å²) in [4.78, 5) is 28.9. The van der Waals surface area contributed by atoms with E-state index in [0.29, 0.717) is 16.7 Å². The highest BCUT2D eigenvalue weighted by molar-refractivity contribution is 9.10. The average Bonchev–Trinajstić information content (AvgIpc) is 2.70. The Bertz CT molecular complexity index is 492. The van der Waals surface area contributed by atoms with Crippen molar-refractivity contribution in [1.82, 2.24) is 9.88 Å². The largest absolute Gasteiger partial charge is 0.480 e. The lowest BCUT2D eigenvalue weighted by molar-refractivity contribution is -0.142. The zero-order valence-corrected chi connectivity index (χ0v) is 11.4. The van der Waals surface area contributed by atoms with Gasteiger partial charge in [-0.2, -0.15) is 0 Å². The van der Waals surface area contributed by atoms with E-state index in [1.807, 2.05) is 6.92 Å². The predicted molar refractivity (Wildman–Crippen MR) is 68.2 cm³/mol. The van der Waals surface area contributed by atoms with Crippen LogP contribution in [0, 0.1) is 5.92 Å². The Morgan fingerprint density at radius 3 is 2.89 bits per heavy atom. The monoisotopic (exact) mass is 312 g/mol. The summed E-state index contributed by atoms with van der Waals surface area (Å²) in [6.07, 6.45) is 2.24. The molecular formula is C12H13BrN2O3. The number of aromatic nitrogens is 1. The van der Waals surface area contributed by atoms with E-state index >= 15 is 0 Å². The number of pyridine rings is 1. The lowest BCUT2D eigenvalue weighted by Crippen LogP contribution is -2.42. The fourth-order valence-electron chi connectivity index (χ4n) is 2.25. The zero-order chi connectivity index (χ0) is 13.3. The van der Waals surface area contributed by atoms with Gasteiger partial charge in [0.2, 0.25) is 0 Å². The van der Waals surface area contributed by atoms with Crippen molar-refractivity contribution in [2.24, 2.45) is 5.92 Å². The van der Waals surface area contributed by atoms with Crippen molar-refractivity contribution in [3.05, 3.63) is 28.5 Å². The molecule has 0 saturated carbocycles. The Hall–Kier alpha value is -1.43. The van der Waals surface area contributed by atoms with Crippen LogP contribution in [0.5, 0.6) is 0 Å². The Labute approximate surface area is 113 Å². The second-order valence-electron chi connectivity index (χ2n) is 4.41. The number of carbonyl (C=O) groups excluding carboxylic acids is 1. The summed E-state index contributed by atoms with van der Waals surface area (Å²) in [5.41, 5.74) is 0.456. The summed E-state index contributed by atoms with van der Waals surface area (Å²) in [7, 11) is 0. The third kappa shape index (κ3) is 2.38. The van der Waals surface area contributed by atoms with Crippen LogP contribution >= 0.6 is 15.9 Å². The van der Waals surface area contributed by atoms with E-state index in [0.717, 1.165) is 6.42 Å². The molecule has 1 amide bonds. The lowest BCUT2D eigenvalue weighted by Gasteiger charge is -2.23. The third-order valence-electron chi connectivity index (χ3n) is 3.19. The first-order chi connectivity index (χ1) is 8.50. The minimum absolute atomic E-state index is 0.0169. The van der Waals surface area contributed by atoms with E-state index in [1.165, 1.54) is 11.1 Å². The standard InChI is InChI=1S/C12H13BrN2O3/c1-7-3-5-15(10(7)12(17)18)11(16)8-2-4-14-9(13)6-8/h2,4,6-7,10H,3,5H2,1H3,(H,17,18). The van der Waals surface area contributed by atoms with Gasteiger partial charge in [0.1, 0.15) is 10.6 Å². The molecule has 1 fully saturated rings. The highest BCUT2D eigenvalue weighted by atomic mass is 79.9. The Morgan fingerprint density at radius 2 is 2.28 bits per heavy atom. The summed E-state index contributed by atoms with van der Waals surface area (Å²) in [6.45, 7) is 2.34. The summed E-state index contributed by atoms with van der Waals surface area (Å²) >= 11 is 3.20. The number of rotatable bonds is 2. The maximum atomic E-state index is 12.3. The summed E-state index contributed by atoms with van der Waals surface area (Å²) in [5.74, 6) is -1.21. The highest BCUT2D eigenvalue weighted by Gasteiger charge is 2.39. The van der Waals surface area contributed by atoms with Crippen LogP contribution in [0.15, 0.2) is 22.9 Å². The number of aliphatic carboxylic acids is 1. The van der Waals surface area contributed by atoms with Crippen LogP contribution in [0.3, 0.4) is 0 Å². The molecule has 1 aliphatic heterocycles. The highest BCUT2D eigenvalue weighted by Crippen LogP contribution is 2.26. The number of nitrogens with zero attached hydrogens (tertiary/aromatic N) is 2. The first kappa shape index (κ1) is 13.0. The SMILES string of the molecule is CC1CCN(C(=O)c2ccnc(Br)c2)C1C(=O)O. The molecule has 2 rings (SSSR count). The third-order valence-corrected chi connectivity index (χ3v) is 3.62. The number of amides is 1. The molecule has 1 saturated heterocycles. The predicted octanol–water partition coefficient (Wildman–Crippen LogP) is 1.78. The van der Waals surface area contributed by atoms with Gasteiger partial charge >= 0.3 is 5.97 Å². The number of carboxylic acids is 1. The van der Waals surface area contributed by atoms with Crippen molar-refractivity contribution in [3.8, 4) is 0 Å². The molecule has 2 heterocycles. The van der Waals surface area contributed by atoms with Gasteiger partial charge in [0.25, 0.3) is 5.91 Å². The molecule has 1 N–H and O–H groups in total. The number of carboxylic acid groups (broad SMARTS) is 1. The molecule has 1 aromatic heterocycles. The molecule has 0 aliphatic carbocycles. The van der Waals surface area contributed by atoms with E-state index in [-0.39, 0.29) is 11.8 Å². The smallest absolute Gasteiger partial charge is 0.326 e. The van der Waals surface area contributed by atoms with Gasteiger partial charge < -0.3 is 10.0 Å². The van der Waals surface area contributed by atoms with Crippen LogP contribution < -0.4 is 0 Å². The second kappa shape index (κ2) is 5.06. The van der Waals surface area contributed by atoms with Crippen molar-refractivity contribution in [2.45, 2.75) is 19.4 Å². The fourth-order valence-corrected chi connectivity index (χ4v) is 2.62. The average molecular weight is 313 g/mol. The van der Waals surface area contributed by atoms with E-state index in [4.69, 9.17) is 0 Å². The van der Waals surface area contributed by atoms with Gasteiger partial charge in [0.05, 0.1) is 0 Å². The number of carbonyl (C=O) groups is 2. The molecule has 0 spiro atoms.